The van der Waals surface area contributed by atoms with Gasteiger partial charge in [-0.15, -0.1) is 0 Å². The second-order valence-corrected chi connectivity index (χ2v) is 6.47. The third kappa shape index (κ3) is 3.75. The molecule has 3 rings (SSSR count). The first-order chi connectivity index (χ1) is 11.1. The Morgan fingerprint density at radius 2 is 2.00 bits per heavy atom. The van der Waals surface area contributed by atoms with Gasteiger partial charge in [0, 0.05) is 23.4 Å². The Kier molecular flexibility index (Phi) is 4.69. The van der Waals surface area contributed by atoms with E-state index in [9.17, 15) is 14.9 Å². The number of carbonyl (C=O) groups excluding carboxylic acids is 1. The lowest BCUT2D eigenvalue weighted by Gasteiger charge is -2.35. The minimum Gasteiger partial charge on any atom is -0.267 e. The Morgan fingerprint density at radius 1 is 1.22 bits per heavy atom. The van der Waals surface area contributed by atoms with Crippen molar-refractivity contribution in [1.82, 2.24) is 5.43 Å². The lowest BCUT2D eigenvalue weighted by Crippen LogP contribution is -2.29. The fourth-order valence-electron chi connectivity index (χ4n) is 3.75. The molecule has 2 atom stereocenters. The van der Waals surface area contributed by atoms with E-state index in [0.29, 0.717) is 5.92 Å². The van der Waals surface area contributed by atoms with Gasteiger partial charge in [0.2, 0.25) is 0 Å². The summed E-state index contributed by atoms with van der Waals surface area (Å²) < 4.78 is 0. The summed E-state index contributed by atoms with van der Waals surface area (Å²) in [6.45, 7) is 0. The number of amides is 1. The monoisotopic (exact) mass is 315 g/mol. The summed E-state index contributed by atoms with van der Waals surface area (Å²) in [6, 6.07) is 5.70. The third-order valence-corrected chi connectivity index (χ3v) is 5.00. The highest BCUT2D eigenvalue weighted by atomic mass is 16.6. The van der Waals surface area contributed by atoms with Gasteiger partial charge in [0.15, 0.2) is 0 Å². The fraction of sp³-hybridized carbons (Fsp3) is 0.529. The van der Waals surface area contributed by atoms with Gasteiger partial charge >= 0.3 is 0 Å². The molecule has 1 N–H and O–H groups in total. The molecule has 6 heteroatoms. The molecule has 0 bridgehead atoms. The quantitative estimate of drug-likeness (QED) is 0.682. The summed E-state index contributed by atoms with van der Waals surface area (Å²) in [5, 5.41) is 15.0. The number of nitrogens with one attached hydrogen (secondary N) is 1. The van der Waals surface area contributed by atoms with Crippen LogP contribution in [0.1, 0.15) is 55.3 Å². The van der Waals surface area contributed by atoms with Crippen molar-refractivity contribution in [2.24, 2.45) is 16.9 Å². The van der Waals surface area contributed by atoms with Gasteiger partial charge in [-0.1, -0.05) is 25.3 Å². The van der Waals surface area contributed by atoms with Gasteiger partial charge in [0.1, 0.15) is 0 Å². The molecule has 0 aliphatic heterocycles. The van der Waals surface area contributed by atoms with Crippen molar-refractivity contribution < 1.29 is 9.72 Å². The van der Waals surface area contributed by atoms with Crippen LogP contribution in [0.15, 0.2) is 29.4 Å². The van der Waals surface area contributed by atoms with Gasteiger partial charge in [-0.25, -0.2) is 5.43 Å². The summed E-state index contributed by atoms with van der Waals surface area (Å²) in [7, 11) is 0. The first-order valence-electron chi connectivity index (χ1n) is 8.23. The predicted molar refractivity (Wildman–Crippen MR) is 87.3 cm³/mol. The number of fused-ring (bicyclic) bond motifs is 1. The van der Waals surface area contributed by atoms with E-state index >= 15 is 0 Å². The average molecular weight is 315 g/mol. The fourth-order valence-corrected chi connectivity index (χ4v) is 3.75. The maximum absolute atomic E-state index is 12.1. The normalized spacial score (nSPS) is 25.7. The number of hydrogen-bond donors (Lipinski definition) is 1. The van der Waals surface area contributed by atoms with Crippen molar-refractivity contribution in [1.29, 1.82) is 0 Å². The Hall–Kier alpha value is -2.24. The maximum Gasteiger partial charge on any atom is 0.271 e. The number of carbonyl (C=O) groups is 1. The molecule has 122 valence electrons. The number of nitro benzene ring substituents is 1. The third-order valence-electron chi connectivity index (χ3n) is 5.00. The van der Waals surface area contributed by atoms with Gasteiger partial charge in [-0.2, -0.15) is 5.10 Å². The number of hydrazone groups is 1. The lowest BCUT2D eigenvalue weighted by atomic mass is 9.70. The molecule has 2 aliphatic carbocycles. The van der Waals surface area contributed by atoms with E-state index in [1.807, 2.05) is 0 Å². The molecule has 1 amide bonds. The highest BCUT2D eigenvalue weighted by Gasteiger charge is 2.30. The van der Waals surface area contributed by atoms with Gasteiger partial charge in [0.25, 0.3) is 11.6 Å². The van der Waals surface area contributed by atoms with Gasteiger partial charge in [-0.3, -0.25) is 14.9 Å². The summed E-state index contributed by atoms with van der Waals surface area (Å²) in [5.74, 6) is 1.15. The van der Waals surface area contributed by atoms with Crippen LogP contribution in [0.5, 0.6) is 0 Å². The average Bonchev–Trinajstić information content (AvgIpc) is 2.59. The minimum atomic E-state index is -0.507. The number of non-ortho nitro benzene ring substituents is 1. The molecule has 2 fully saturated rings. The van der Waals surface area contributed by atoms with E-state index in [1.54, 1.807) is 6.07 Å². The SMILES string of the molecule is O=C(N/N=C1/CC[C@H]2CCCC[C@H]2C1)c1cccc([N+](=O)[O-])c1. The topological polar surface area (TPSA) is 84.6 Å². The van der Waals surface area contributed by atoms with Gasteiger partial charge in [0.05, 0.1) is 4.92 Å². The molecule has 0 aromatic heterocycles. The van der Waals surface area contributed by atoms with Crippen LogP contribution in [0.2, 0.25) is 0 Å². The number of nitrogens with zero attached hydrogens (tertiary/aromatic N) is 2. The van der Waals surface area contributed by atoms with Crippen LogP contribution in [0.4, 0.5) is 5.69 Å². The number of benzene rings is 1. The highest BCUT2D eigenvalue weighted by molar-refractivity contribution is 5.96. The Bertz CT molecular complexity index is 642. The Morgan fingerprint density at radius 3 is 2.78 bits per heavy atom. The van der Waals surface area contributed by atoms with Gasteiger partial charge < -0.3 is 0 Å². The van der Waals surface area contributed by atoms with Crippen molar-refractivity contribution in [2.75, 3.05) is 0 Å². The largest absolute Gasteiger partial charge is 0.271 e. The van der Waals surface area contributed by atoms with E-state index in [-0.39, 0.29) is 11.3 Å². The molecular weight excluding hydrogens is 294 g/mol. The zero-order valence-corrected chi connectivity index (χ0v) is 13.0. The molecule has 2 saturated carbocycles. The molecule has 0 heterocycles. The van der Waals surface area contributed by atoms with E-state index in [1.165, 1.54) is 43.9 Å². The first-order valence-corrected chi connectivity index (χ1v) is 8.23. The summed E-state index contributed by atoms with van der Waals surface area (Å²) in [4.78, 5) is 22.4. The number of nitro groups is 1. The van der Waals surface area contributed by atoms with Crippen LogP contribution in [0.3, 0.4) is 0 Å². The Labute approximate surface area is 135 Å². The summed E-state index contributed by atoms with van der Waals surface area (Å²) >= 11 is 0. The molecule has 0 unspecified atom stereocenters. The van der Waals surface area contributed by atoms with E-state index < -0.39 is 10.8 Å². The van der Waals surface area contributed by atoms with E-state index in [4.69, 9.17) is 0 Å². The van der Waals surface area contributed by atoms with Crippen LogP contribution in [-0.2, 0) is 0 Å². The van der Waals surface area contributed by atoms with Crippen molar-refractivity contribution in [3.05, 3.63) is 39.9 Å². The summed E-state index contributed by atoms with van der Waals surface area (Å²) in [5.41, 5.74) is 3.77. The molecule has 1 aromatic carbocycles. The van der Waals surface area contributed by atoms with Gasteiger partial charge in [-0.05, 0) is 43.6 Å². The van der Waals surface area contributed by atoms with E-state index in [2.05, 4.69) is 10.5 Å². The van der Waals surface area contributed by atoms with Crippen molar-refractivity contribution >= 4 is 17.3 Å². The molecule has 0 saturated heterocycles. The van der Waals surface area contributed by atoms with Crippen LogP contribution < -0.4 is 5.43 Å². The van der Waals surface area contributed by atoms with Crippen LogP contribution in [0.25, 0.3) is 0 Å². The van der Waals surface area contributed by atoms with Crippen molar-refractivity contribution in [3.63, 3.8) is 0 Å². The molecule has 23 heavy (non-hydrogen) atoms. The zero-order valence-electron chi connectivity index (χ0n) is 13.0. The summed E-state index contributed by atoms with van der Waals surface area (Å²) in [6.07, 6.45) is 8.32. The molecule has 1 aromatic rings. The smallest absolute Gasteiger partial charge is 0.267 e. The van der Waals surface area contributed by atoms with Crippen LogP contribution in [-0.4, -0.2) is 16.5 Å². The minimum absolute atomic E-state index is 0.0898. The standard InChI is InChI=1S/C17H21N3O3/c21-17(14-6-3-7-16(11-14)20(22)23)19-18-15-9-8-12-4-1-2-5-13(12)10-15/h3,6-7,11-13H,1-2,4-5,8-10H2,(H,19,21)/b18-15-/t12-,13+/m1/s1. The zero-order chi connectivity index (χ0) is 16.2. The van der Waals surface area contributed by atoms with Crippen molar-refractivity contribution in [3.8, 4) is 0 Å². The Balaban J connectivity index is 1.62. The number of hydrogen-bond acceptors (Lipinski definition) is 4. The molecule has 0 radical (unpaired) electrons. The lowest BCUT2D eigenvalue weighted by molar-refractivity contribution is -0.384. The first kappa shape index (κ1) is 15.6. The van der Waals surface area contributed by atoms with E-state index in [0.717, 1.165) is 30.9 Å². The number of rotatable bonds is 3. The molecule has 2 aliphatic rings. The molecule has 6 nitrogen and oxygen atoms in total. The van der Waals surface area contributed by atoms with Crippen LogP contribution in [0, 0.1) is 22.0 Å². The second kappa shape index (κ2) is 6.89. The molecular formula is C17H21N3O3. The van der Waals surface area contributed by atoms with Crippen molar-refractivity contribution in [2.45, 2.75) is 44.9 Å². The maximum atomic E-state index is 12.1. The van der Waals surface area contributed by atoms with Crippen LogP contribution >= 0.6 is 0 Å². The second-order valence-electron chi connectivity index (χ2n) is 6.47. The highest BCUT2D eigenvalue weighted by Crippen LogP contribution is 2.39. The molecule has 0 spiro atoms. The predicted octanol–water partition coefficient (Wildman–Crippen LogP) is 3.67.